The summed E-state index contributed by atoms with van der Waals surface area (Å²) < 4.78 is 40.0. The van der Waals surface area contributed by atoms with Gasteiger partial charge in [-0.1, -0.05) is 83.0 Å². The van der Waals surface area contributed by atoms with Gasteiger partial charge in [-0.2, -0.15) is 6.07 Å². The second kappa shape index (κ2) is 19.3. The molecule has 0 saturated heterocycles. The van der Waals surface area contributed by atoms with Crippen LogP contribution in [-0.4, -0.2) is 9.55 Å². The van der Waals surface area contributed by atoms with Crippen LogP contribution in [0, 0.1) is 65.1 Å². The van der Waals surface area contributed by atoms with Gasteiger partial charge in [0, 0.05) is 61.3 Å². The van der Waals surface area contributed by atoms with Crippen molar-refractivity contribution >= 4 is 44.6 Å². The first-order valence-electron chi connectivity index (χ1n) is 24.1. The van der Waals surface area contributed by atoms with Crippen LogP contribution in [0.1, 0.15) is 97.4 Å². The van der Waals surface area contributed by atoms with E-state index in [1.807, 2.05) is 24.4 Å². The van der Waals surface area contributed by atoms with Crippen molar-refractivity contribution < 1.29 is 34.6 Å². The number of anilines is 4. The fourth-order valence-electron chi connectivity index (χ4n) is 10.3. The van der Waals surface area contributed by atoms with E-state index in [2.05, 4.69) is 181 Å². The number of hydrogen-bond acceptors (Lipinski definition) is 4. The summed E-state index contributed by atoms with van der Waals surface area (Å²) in [5.41, 5.74) is 17.8. The molecule has 358 valence electrons. The minimum absolute atomic E-state index is 0. The van der Waals surface area contributed by atoms with Crippen LogP contribution in [0.25, 0.3) is 49.9 Å². The smallest absolute Gasteiger partial charge is 0.135 e. The molecule has 0 fully saturated rings. The maximum atomic E-state index is 15.4. The Labute approximate surface area is 426 Å². The Bertz CT molecular complexity index is 3400. The minimum atomic E-state index is -0.580. The van der Waals surface area contributed by atoms with Crippen molar-refractivity contribution in [3.05, 3.63) is 196 Å². The second-order valence-corrected chi connectivity index (χ2v) is 19.2. The van der Waals surface area contributed by atoms with Crippen LogP contribution in [0.2, 0.25) is 0 Å². The zero-order chi connectivity index (χ0) is 48.4. The summed E-state index contributed by atoms with van der Waals surface area (Å²) in [5, 5.41) is 2.18. The number of aryl methyl sites for hydroxylation is 1. The van der Waals surface area contributed by atoms with Gasteiger partial charge in [0.05, 0.1) is 5.56 Å². The van der Waals surface area contributed by atoms with Crippen LogP contribution in [0.5, 0.6) is 11.5 Å². The third kappa shape index (κ3) is 8.40. The van der Waals surface area contributed by atoms with Crippen molar-refractivity contribution in [1.29, 1.82) is 0 Å². The van der Waals surface area contributed by atoms with Crippen LogP contribution in [0.15, 0.2) is 121 Å². The number of hydrogen-bond donors (Lipinski definition) is 0. The predicted molar refractivity (Wildman–Crippen MR) is 281 cm³/mol. The predicted octanol–water partition coefficient (Wildman–Crippen LogP) is 17.3. The van der Waals surface area contributed by atoms with E-state index in [0.29, 0.717) is 17.1 Å². The van der Waals surface area contributed by atoms with E-state index >= 15 is 8.78 Å². The van der Waals surface area contributed by atoms with Gasteiger partial charge < -0.3 is 19.1 Å². The maximum absolute atomic E-state index is 15.4. The van der Waals surface area contributed by atoms with Gasteiger partial charge in [-0.05, 0) is 168 Å². The molecule has 10 rings (SSSR count). The molecular weight excluding hydrogens is 1050 g/mol. The van der Waals surface area contributed by atoms with E-state index in [-0.39, 0.29) is 38.5 Å². The molecule has 2 aromatic heterocycles. The summed E-state index contributed by atoms with van der Waals surface area (Å²) in [6.45, 7) is 23.9. The number of ether oxygens (including phenoxy) is 1. The second-order valence-electron chi connectivity index (χ2n) is 19.2. The molecule has 0 atom stereocenters. The van der Waals surface area contributed by atoms with Crippen LogP contribution < -0.4 is 14.5 Å². The molecule has 0 saturated carbocycles. The first-order valence-corrected chi connectivity index (χ1v) is 24.1. The number of nitrogens with zero attached hydrogens (tertiary/aromatic N) is 4. The Morgan fingerprint density at radius 2 is 1.23 bits per heavy atom. The molecule has 9 aromatic rings. The molecular formula is C62H57F2N4OPt-3. The summed E-state index contributed by atoms with van der Waals surface area (Å²) in [7, 11) is 0. The normalized spacial score (nSPS) is 12.4. The molecule has 70 heavy (non-hydrogen) atoms. The summed E-state index contributed by atoms with van der Waals surface area (Å²) in [6.07, 6.45) is 3.91. The fourth-order valence-corrected chi connectivity index (χ4v) is 10.3. The van der Waals surface area contributed by atoms with Crippen LogP contribution in [0.4, 0.5) is 31.5 Å². The van der Waals surface area contributed by atoms with Gasteiger partial charge in [-0.15, -0.1) is 53.6 Å². The van der Waals surface area contributed by atoms with Gasteiger partial charge in [0.2, 0.25) is 0 Å². The topological polar surface area (TPSA) is 33.5 Å². The Morgan fingerprint density at radius 1 is 0.614 bits per heavy atom. The fraction of sp³-hybridized carbons (Fsp3) is 0.226. The number of halogens is 2. The SMILES string of the molecule is CCCc1ccnc(-n2c3[c-]c(Oc4[c-]c(N5[CH-]N(c6c(C(C)C)cc(-c7c(F)cccc7F)cc6C(C)C)c6ccccc65)cc(-c5c(C)c(C)c(C)c(C)c5C)c4)ccc3c3ccccc32)c1.[Pt]. The van der Waals surface area contributed by atoms with Crippen LogP contribution >= 0.6 is 0 Å². The number of pyridine rings is 1. The molecule has 0 aliphatic carbocycles. The Morgan fingerprint density at radius 3 is 1.89 bits per heavy atom. The zero-order valence-electron chi connectivity index (χ0n) is 41.5. The van der Waals surface area contributed by atoms with E-state index in [1.54, 1.807) is 0 Å². The van der Waals surface area contributed by atoms with E-state index in [1.165, 1.54) is 51.6 Å². The Hall–Kier alpha value is -6.56. The van der Waals surface area contributed by atoms with Gasteiger partial charge >= 0.3 is 0 Å². The molecule has 0 radical (unpaired) electrons. The number of benzene rings is 7. The molecule has 7 aromatic carbocycles. The first-order chi connectivity index (χ1) is 33.2. The quantitative estimate of drug-likeness (QED) is 0.121. The number of para-hydroxylation sites is 3. The van der Waals surface area contributed by atoms with Gasteiger partial charge in [-0.25, -0.2) is 13.8 Å². The zero-order valence-corrected chi connectivity index (χ0v) is 43.7. The molecule has 3 heterocycles. The van der Waals surface area contributed by atoms with Crippen molar-refractivity contribution in [2.45, 2.75) is 93.9 Å². The maximum Gasteiger partial charge on any atom is 0.135 e. The third-order valence-corrected chi connectivity index (χ3v) is 14.3. The van der Waals surface area contributed by atoms with Crippen molar-refractivity contribution in [3.63, 3.8) is 0 Å². The average Bonchev–Trinajstić information content (AvgIpc) is 3.88. The Balaban J connectivity index is 0.00000608. The summed E-state index contributed by atoms with van der Waals surface area (Å²) in [6, 6.07) is 44.9. The average molecular weight is 1110 g/mol. The third-order valence-electron chi connectivity index (χ3n) is 14.3. The molecule has 5 nitrogen and oxygen atoms in total. The van der Waals surface area contributed by atoms with Crippen molar-refractivity contribution in [2.24, 2.45) is 0 Å². The summed E-state index contributed by atoms with van der Waals surface area (Å²) in [5.74, 6) is 0.840. The van der Waals surface area contributed by atoms with Gasteiger partial charge in [0.25, 0.3) is 0 Å². The minimum Gasteiger partial charge on any atom is -0.509 e. The van der Waals surface area contributed by atoms with Crippen molar-refractivity contribution in [3.8, 4) is 39.6 Å². The molecule has 8 heteroatoms. The van der Waals surface area contributed by atoms with Crippen LogP contribution in [0.3, 0.4) is 0 Å². The van der Waals surface area contributed by atoms with E-state index in [0.717, 1.165) is 85.5 Å². The monoisotopic (exact) mass is 1110 g/mol. The van der Waals surface area contributed by atoms with E-state index < -0.39 is 11.6 Å². The number of rotatable bonds is 11. The van der Waals surface area contributed by atoms with Gasteiger partial charge in [0.15, 0.2) is 0 Å². The van der Waals surface area contributed by atoms with Crippen molar-refractivity contribution in [1.82, 2.24) is 9.55 Å². The van der Waals surface area contributed by atoms with Gasteiger partial charge in [-0.3, -0.25) is 0 Å². The molecule has 0 spiro atoms. The van der Waals surface area contributed by atoms with E-state index in [4.69, 9.17) is 9.72 Å². The number of aromatic nitrogens is 2. The molecule has 1 aliphatic rings. The molecule has 0 N–H and O–H groups in total. The number of fused-ring (bicyclic) bond motifs is 4. The van der Waals surface area contributed by atoms with Gasteiger partial charge in [0.1, 0.15) is 17.5 Å². The standard InChI is InChI=1S/C62H57F2N4O.Pt/c1-11-17-43-26-27-65-59(28-43)68-55-21-13-12-18-49(55)50-25-24-47(34-58(50)68)69-48-30-44(60-41(9)39(7)38(6)40(8)42(60)10)29-46(33-48)66-35-67(57-23-15-14-22-56(57)66)62-51(36(2)3)31-45(32-52(62)37(4)5)61-53(63)19-16-20-54(61)64;/h12-16,18-32,35-37H,11,17H2,1-10H3;/q-3;. The Kier molecular flexibility index (Phi) is 13.4. The molecule has 1 aliphatic heterocycles. The largest absolute Gasteiger partial charge is 0.509 e. The van der Waals surface area contributed by atoms with Crippen LogP contribution in [-0.2, 0) is 27.5 Å². The summed E-state index contributed by atoms with van der Waals surface area (Å²) >= 11 is 0. The molecule has 0 bridgehead atoms. The molecule has 0 unspecified atom stereocenters. The summed E-state index contributed by atoms with van der Waals surface area (Å²) in [4.78, 5) is 9.29. The molecule has 0 amide bonds. The van der Waals surface area contributed by atoms with E-state index in [9.17, 15) is 0 Å². The first kappa shape index (κ1) is 48.5. The van der Waals surface area contributed by atoms with Crippen molar-refractivity contribution in [2.75, 3.05) is 9.80 Å².